The van der Waals surface area contributed by atoms with Crippen molar-refractivity contribution < 1.29 is 21.6 Å². The number of aryl methyl sites for hydroxylation is 1. The first-order valence-corrected chi connectivity index (χ1v) is 8.34. The second-order valence-corrected chi connectivity index (χ2v) is 6.92. The van der Waals surface area contributed by atoms with E-state index >= 15 is 0 Å². The van der Waals surface area contributed by atoms with E-state index in [1.165, 1.54) is 20.9 Å². The van der Waals surface area contributed by atoms with E-state index in [0.717, 1.165) is 6.20 Å². The van der Waals surface area contributed by atoms with Gasteiger partial charge in [0.05, 0.1) is 23.3 Å². The summed E-state index contributed by atoms with van der Waals surface area (Å²) in [5, 5.41) is 6.10. The summed E-state index contributed by atoms with van der Waals surface area (Å²) in [6.45, 7) is 2.78. The third-order valence-electron chi connectivity index (χ3n) is 3.23. The zero-order chi connectivity index (χ0) is 18.3. The van der Waals surface area contributed by atoms with Gasteiger partial charge in [-0.2, -0.15) is 27.3 Å². The third-order valence-corrected chi connectivity index (χ3v) is 4.72. The maximum absolute atomic E-state index is 13.4. The maximum Gasteiger partial charge on any atom is 0.422 e. The van der Waals surface area contributed by atoms with Gasteiger partial charge in [0.25, 0.3) is 10.0 Å². The Morgan fingerprint density at radius 2 is 1.96 bits per heavy atom. The van der Waals surface area contributed by atoms with Gasteiger partial charge in [-0.15, -0.1) is 0 Å². The van der Waals surface area contributed by atoms with Gasteiger partial charge in [-0.3, -0.25) is 0 Å². The van der Waals surface area contributed by atoms with E-state index in [1.807, 2.05) is 0 Å². The van der Waals surface area contributed by atoms with Crippen LogP contribution in [-0.4, -0.2) is 40.4 Å². The van der Waals surface area contributed by atoms with Crippen molar-refractivity contribution in [1.82, 2.24) is 19.2 Å². The third kappa shape index (κ3) is 3.13. The van der Waals surface area contributed by atoms with Crippen LogP contribution in [0.3, 0.4) is 0 Å². The van der Waals surface area contributed by atoms with Crippen LogP contribution >= 0.6 is 0 Å². The van der Waals surface area contributed by atoms with Crippen LogP contribution in [0.4, 0.5) is 24.9 Å². The molecule has 2 rings (SSSR count). The Morgan fingerprint density at radius 1 is 1.33 bits per heavy atom. The lowest BCUT2D eigenvalue weighted by molar-refractivity contribution is -0.136. The molecule has 24 heavy (non-hydrogen) atoms. The average Bonchev–Trinajstić information content (AvgIpc) is 2.87. The molecular formula is C12H15F3N6O2S. The summed E-state index contributed by atoms with van der Waals surface area (Å²) in [5.41, 5.74) is 3.78. The number of rotatable bonds is 4. The molecular weight excluding hydrogens is 349 g/mol. The molecule has 0 radical (unpaired) electrons. The van der Waals surface area contributed by atoms with Crippen LogP contribution in [0.15, 0.2) is 6.20 Å². The molecule has 2 aromatic rings. The molecule has 0 aromatic carbocycles. The molecule has 8 nitrogen and oxygen atoms in total. The van der Waals surface area contributed by atoms with Crippen LogP contribution < -0.4 is 11.1 Å². The number of aromatic nitrogens is 4. The number of alkyl halides is 3. The molecule has 0 spiro atoms. The maximum atomic E-state index is 13.4. The standard InChI is InChI=1S/C12H15F3N6O2S/c1-4-24(22,23)21-5-7(6(2)20-21)9-8(12(13,14)15)10(17-3)19-11(16)18-9/h5H,4H2,1-3H3,(H3,16,17,18,19). The summed E-state index contributed by atoms with van der Waals surface area (Å²) in [4.78, 5) is 7.19. The normalized spacial score (nSPS) is 12.4. The van der Waals surface area contributed by atoms with Crippen molar-refractivity contribution in [3.63, 3.8) is 0 Å². The lowest BCUT2D eigenvalue weighted by Crippen LogP contribution is -2.16. The SMILES string of the molecule is CCS(=O)(=O)n1cc(-c2nc(N)nc(NC)c2C(F)(F)F)c(C)n1. The summed E-state index contributed by atoms with van der Waals surface area (Å²) in [6.07, 6.45) is -3.79. The Balaban J connectivity index is 2.81. The molecule has 2 heterocycles. The summed E-state index contributed by atoms with van der Waals surface area (Å²) in [7, 11) is -2.49. The second-order valence-electron chi connectivity index (χ2n) is 4.80. The van der Waals surface area contributed by atoms with Gasteiger partial charge in [-0.05, 0) is 13.8 Å². The fraction of sp³-hybridized carbons (Fsp3) is 0.417. The van der Waals surface area contributed by atoms with Crippen molar-refractivity contribution in [2.75, 3.05) is 23.9 Å². The van der Waals surface area contributed by atoms with Gasteiger partial charge in [0, 0.05) is 12.6 Å². The summed E-state index contributed by atoms with van der Waals surface area (Å²) < 4.78 is 64.7. The van der Waals surface area contributed by atoms with E-state index < -0.39 is 33.3 Å². The predicted molar refractivity (Wildman–Crippen MR) is 81.8 cm³/mol. The van der Waals surface area contributed by atoms with Crippen molar-refractivity contribution in [2.45, 2.75) is 20.0 Å². The molecule has 2 aromatic heterocycles. The van der Waals surface area contributed by atoms with Gasteiger partial charge in [-0.25, -0.2) is 13.4 Å². The summed E-state index contributed by atoms with van der Waals surface area (Å²) >= 11 is 0. The van der Waals surface area contributed by atoms with Crippen LogP contribution in [0.1, 0.15) is 18.2 Å². The predicted octanol–water partition coefficient (Wildman–Crippen LogP) is 1.49. The number of anilines is 2. The molecule has 0 bridgehead atoms. The molecule has 0 amide bonds. The van der Waals surface area contributed by atoms with Crippen molar-refractivity contribution in [3.8, 4) is 11.3 Å². The molecule has 0 saturated carbocycles. The zero-order valence-electron chi connectivity index (χ0n) is 13.0. The minimum absolute atomic E-state index is 0.0673. The lowest BCUT2D eigenvalue weighted by atomic mass is 10.1. The van der Waals surface area contributed by atoms with E-state index in [1.54, 1.807) is 0 Å². The molecule has 132 valence electrons. The monoisotopic (exact) mass is 364 g/mol. The smallest absolute Gasteiger partial charge is 0.372 e. The van der Waals surface area contributed by atoms with Crippen LogP contribution in [0.5, 0.6) is 0 Å². The molecule has 0 aliphatic rings. The highest BCUT2D eigenvalue weighted by atomic mass is 32.2. The largest absolute Gasteiger partial charge is 0.422 e. The molecule has 3 N–H and O–H groups in total. The minimum Gasteiger partial charge on any atom is -0.372 e. The fourth-order valence-electron chi connectivity index (χ4n) is 2.06. The number of hydrogen-bond acceptors (Lipinski definition) is 7. The van der Waals surface area contributed by atoms with Gasteiger partial charge in [0.1, 0.15) is 11.4 Å². The van der Waals surface area contributed by atoms with Gasteiger partial charge in [0.2, 0.25) is 5.95 Å². The Morgan fingerprint density at radius 3 is 2.46 bits per heavy atom. The molecule has 0 atom stereocenters. The highest BCUT2D eigenvalue weighted by molar-refractivity contribution is 7.89. The van der Waals surface area contributed by atoms with Crippen molar-refractivity contribution in [3.05, 3.63) is 17.5 Å². The van der Waals surface area contributed by atoms with Gasteiger partial charge in [0.15, 0.2) is 0 Å². The topological polar surface area (TPSA) is 116 Å². The highest BCUT2D eigenvalue weighted by Crippen LogP contribution is 2.41. The number of hydrogen-bond donors (Lipinski definition) is 2. The molecule has 0 aliphatic heterocycles. The number of halogens is 3. The van der Waals surface area contributed by atoms with Crippen LogP contribution in [0, 0.1) is 6.92 Å². The van der Waals surface area contributed by atoms with Gasteiger partial charge in [-0.1, -0.05) is 0 Å². The van der Waals surface area contributed by atoms with Gasteiger partial charge < -0.3 is 11.1 Å². The van der Waals surface area contributed by atoms with Crippen LogP contribution in [0.2, 0.25) is 0 Å². The number of nitrogens with one attached hydrogen (secondary N) is 1. The molecule has 12 heteroatoms. The Hall–Kier alpha value is -2.37. The van der Waals surface area contributed by atoms with Crippen molar-refractivity contribution in [2.24, 2.45) is 0 Å². The van der Waals surface area contributed by atoms with Crippen molar-refractivity contribution in [1.29, 1.82) is 0 Å². The Bertz CT molecular complexity index is 876. The molecule has 0 fully saturated rings. The van der Waals surface area contributed by atoms with E-state index in [4.69, 9.17) is 5.73 Å². The molecule has 0 aliphatic carbocycles. The van der Waals surface area contributed by atoms with Crippen LogP contribution in [-0.2, 0) is 16.2 Å². The summed E-state index contributed by atoms with van der Waals surface area (Å²) in [5.74, 6) is -1.14. The quantitative estimate of drug-likeness (QED) is 0.844. The first-order valence-electron chi connectivity index (χ1n) is 6.73. The molecule has 0 unspecified atom stereocenters. The number of nitrogens with zero attached hydrogens (tertiary/aromatic N) is 4. The average molecular weight is 364 g/mol. The van der Waals surface area contributed by atoms with E-state index in [-0.39, 0.29) is 23.0 Å². The number of nitrogen functional groups attached to an aromatic ring is 1. The first-order chi connectivity index (χ1) is 11.0. The summed E-state index contributed by atoms with van der Waals surface area (Å²) in [6, 6.07) is 0. The van der Waals surface area contributed by atoms with E-state index in [0.29, 0.717) is 4.09 Å². The zero-order valence-corrected chi connectivity index (χ0v) is 13.8. The van der Waals surface area contributed by atoms with E-state index in [9.17, 15) is 21.6 Å². The van der Waals surface area contributed by atoms with Crippen LogP contribution in [0.25, 0.3) is 11.3 Å². The fourth-order valence-corrected chi connectivity index (χ4v) is 2.84. The Labute approximate surface area is 136 Å². The Kier molecular flexibility index (Phi) is 4.44. The minimum atomic E-state index is -4.78. The lowest BCUT2D eigenvalue weighted by Gasteiger charge is -2.15. The molecule has 0 saturated heterocycles. The number of nitrogens with two attached hydrogens (primary N) is 1. The first kappa shape index (κ1) is 18.0. The van der Waals surface area contributed by atoms with E-state index in [2.05, 4.69) is 20.4 Å². The van der Waals surface area contributed by atoms with Gasteiger partial charge >= 0.3 is 6.18 Å². The van der Waals surface area contributed by atoms with Crippen molar-refractivity contribution >= 4 is 21.8 Å². The second kappa shape index (κ2) is 5.92. The highest BCUT2D eigenvalue weighted by Gasteiger charge is 2.39.